The third kappa shape index (κ3) is 4.17. The van der Waals surface area contributed by atoms with Gasteiger partial charge in [-0.25, -0.2) is 0 Å². The molecule has 0 radical (unpaired) electrons. The average molecular weight is 495 g/mol. The number of aliphatic hydroxyl groups is 2. The zero-order valence-electron chi connectivity index (χ0n) is 20.1. The average Bonchev–Trinajstić information content (AvgIpc) is 3.08. The monoisotopic (exact) mass is 494 g/mol. The van der Waals surface area contributed by atoms with Crippen molar-refractivity contribution in [2.24, 2.45) is 46.3 Å². The Morgan fingerprint density at radius 1 is 0.853 bits per heavy atom. The van der Waals surface area contributed by atoms with Crippen molar-refractivity contribution in [3.8, 4) is 11.8 Å². The summed E-state index contributed by atoms with van der Waals surface area (Å²) in [5.74, 6) is 3.74. The highest BCUT2D eigenvalue weighted by Gasteiger charge is 2.65. The van der Waals surface area contributed by atoms with E-state index in [1.807, 2.05) is 5.92 Å². The van der Waals surface area contributed by atoms with Crippen LogP contribution in [0.25, 0.3) is 0 Å². The number of hydrogen-bond acceptors (Lipinski definition) is 2. The summed E-state index contributed by atoms with van der Waals surface area (Å²) < 4.78 is 78.1. The molecule has 0 spiro atoms. The number of fused-ring (bicyclic) bond motifs is 5. The quantitative estimate of drug-likeness (QED) is 0.340. The first-order valence-corrected chi connectivity index (χ1v) is 12.6. The maximum absolute atomic E-state index is 13.5. The lowest BCUT2D eigenvalue weighted by atomic mass is 9.43. The molecule has 2 N–H and O–H groups in total. The molecule has 4 aliphatic carbocycles. The second-order valence-corrected chi connectivity index (χ2v) is 12.2. The number of aliphatic hydroxyl groups excluding tert-OH is 1. The SMILES string of the molecule is C[C@H]([C@H](O)C#CC(F)(F)F)[C@H]1CC[C@H]2[C@@H]3CC[C@@H]4C[C@@](O)(C(F)(F)F)CC[C@]4(C)[C@H]3CC[C@]12C. The zero-order chi connectivity index (χ0) is 25.3. The van der Waals surface area contributed by atoms with Crippen LogP contribution in [0.5, 0.6) is 0 Å². The summed E-state index contributed by atoms with van der Waals surface area (Å²) in [6.45, 7) is 6.11. The summed E-state index contributed by atoms with van der Waals surface area (Å²) in [5, 5.41) is 20.8. The van der Waals surface area contributed by atoms with Crippen molar-refractivity contribution in [1.29, 1.82) is 0 Å². The van der Waals surface area contributed by atoms with Crippen LogP contribution in [0.1, 0.15) is 78.6 Å². The molecule has 0 bridgehead atoms. The number of hydrogen-bond donors (Lipinski definition) is 2. The Morgan fingerprint density at radius 3 is 2.12 bits per heavy atom. The number of halogens is 6. The maximum atomic E-state index is 13.5. The van der Waals surface area contributed by atoms with Gasteiger partial charge in [0.1, 0.15) is 6.10 Å². The van der Waals surface area contributed by atoms with E-state index in [9.17, 15) is 36.6 Å². The smallest absolute Gasteiger partial charge is 0.380 e. The van der Waals surface area contributed by atoms with Crippen molar-refractivity contribution < 1.29 is 36.6 Å². The highest BCUT2D eigenvalue weighted by Crippen LogP contribution is 2.69. The molecule has 0 saturated heterocycles. The van der Waals surface area contributed by atoms with Crippen molar-refractivity contribution >= 4 is 0 Å². The lowest BCUT2D eigenvalue weighted by molar-refractivity contribution is -0.290. The third-order valence-corrected chi connectivity index (χ3v) is 10.8. The minimum atomic E-state index is -4.63. The summed E-state index contributed by atoms with van der Waals surface area (Å²) >= 11 is 0. The molecule has 4 saturated carbocycles. The Balaban J connectivity index is 1.52. The van der Waals surface area contributed by atoms with Gasteiger partial charge in [0.25, 0.3) is 0 Å². The van der Waals surface area contributed by atoms with Crippen LogP contribution in [0.3, 0.4) is 0 Å². The minimum Gasteiger partial charge on any atom is -0.380 e. The normalized spacial score (nSPS) is 46.4. The molecule has 0 aromatic carbocycles. The molecule has 4 fully saturated rings. The van der Waals surface area contributed by atoms with Gasteiger partial charge in [0.15, 0.2) is 5.60 Å². The van der Waals surface area contributed by atoms with Gasteiger partial charge in [-0.2, -0.15) is 26.3 Å². The molecule has 0 heterocycles. The number of alkyl halides is 6. The van der Waals surface area contributed by atoms with Gasteiger partial charge in [0.2, 0.25) is 0 Å². The largest absolute Gasteiger partial charge is 0.457 e. The van der Waals surface area contributed by atoms with Gasteiger partial charge < -0.3 is 10.2 Å². The van der Waals surface area contributed by atoms with Gasteiger partial charge in [-0.15, -0.1) is 0 Å². The summed E-state index contributed by atoms with van der Waals surface area (Å²) in [4.78, 5) is 0. The van der Waals surface area contributed by atoms with E-state index in [0.717, 1.165) is 32.1 Å². The summed E-state index contributed by atoms with van der Waals surface area (Å²) in [5.41, 5.74) is -2.94. The van der Waals surface area contributed by atoms with Crippen molar-refractivity contribution in [2.45, 2.75) is 103 Å². The topological polar surface area (TPSA) is 40.5 Å². The second kappa shape index (κ2) is 8.30. The maximum Gasteiger partial charge on any atom is 0.457 e. The molecule has 194 valence electrons. The van der Waals surface area contributed by atoms with Gasteiger partial charge >= 0.3 is 12.4 Å². The fraction of sp³-hybridized carbons (Fsp3) is 0.923. The van der Waals surface area contributed by atoms with E-state index in [4.69, 9.17) is 0 Å². The first-order chi connectivity index (χ1) is 15.5. The van der Waals surface area contributed by atoms with Gasteiger partial charge in [-0.05, 0) is 104 Å². The molecular weight excluding hydrogens is 458 g/mol. The standard InChI is InChI=1S/C26H36F6O2/c1-15(21(33)9-11-25(27,28)29)18-6-7-19-17-5-4-16-14-24(34,26(30,31)32)13-12-22(16,2)20(17)8-10-23(18,19)3/h15-21,33-34H,4-8,10,12-14H2,1-3H3/t15-,16+,17-,18+,19-,20-,21+,22-,23+,24+/m0/s1. The molecule has 0 aromatic rings. The van der Waals surface area contributed by atoms with Crippen LogP contribution in [0.2, 0.25) is 0 Å². The Bertz CT molecular complexity index is 843. The van der Waals surface area contributed by atoms with E-state index in [0.29, 0.717) is 30.6 Å². The van der Waals surface area contributed by atoms with Crippen LogP contribution >= 0.6 is 0 Å². The van der Waals surface area contributed by atoms with Gasteiger partial charge in [-0.3, -0.25) is 0 Å². The van der Waals surface area contributed by atoms with E-state index in [2.05, 4.69) is 13.8 Å². The predicted octanol–water partition coefficient (Wildman–Crippen LogP) is 6.50. The fourth-order valence-corrected chi connectivity index (χ4v) is 8.91. The molecule has 0 aliphatic heterocycles. The van der Waals surface area contributed by atoms with Crippen LogP contribution in [-0.2, 0) is 0 Å². The van der Waals surface area contributed by atoms with Crippen LogP contribution < -0.4 is 0 Å². The Kier molecular flexibility index (Phi) is 6.38. The van der Waals surface area contributed by atoms with E-state index < -0.39 is 24.1 Å². The van der Waals surface area contributed by atoms with Crippen molar-refractivity contribution in [2.75, 3.05) is 0 Å². The highest BCUT2D eigenvalue weighted by atomic mass is 19.4. The Hall–Kier alpha value is -0.940. The van der Waals surface area contributed by atoms with E-state index in [1.165, 1.54) is 5.92 Å². The first kappa shape index (κ1) is 26.1. The van der Waals surface area contributed by atoms with Gasteiger partial charge in [0, 0.05) is 5.92 Å². The van der Waals surface area contributed by atoms with Crippen LogP contribution in [0.4, 0.5) is 26.3 Å². The second-order valence-electron chi connectivity index (χ2n) is 12.2. The van der Waals surface area contributed by atoms with Crippen molar-refractivity contribution in [1.82, 2.24) is 0 Å². The number of rotatable bonds is 2. The molecule has 2 nitrogen and oxygen atoms in total. The Labute approximate surface area is 197 Å². The lowest BCUT2D eigenvalue weighted by Gasteiger charge is -2.62. The van der Waals surface area contributed by atoms with Crippen LogP contribution in [0.15, 0.2) is 0 Å². The van der Waals surface area contributed by atoms with Gasteiger partial charge in [-0.1, -0.05) is 26.7 Å². The molecule has 4 aliphatic rings. The fourth-order valence-electron chi connectivity index (χ4n) is 8.91. The van der Waals surface area contributed by atoms with E-state index >= 15 is 0 Å². The third-order valence-electron chi connectivity index (χ3n) is 10.8. The molecule has 34 heavy (non-hydrogen) atoms. The van der Waals surface area contributed by atoms with Crippen LogP contribution in [-0.4, -0.2) is 34.3 Å². The Morgan fingerprint density at radius 2 is 1.50 bits per heavy atom. The minimum absolute atomic E-state index is 0.0585. The molecular formula is C26H36F6O2. The molecule has 8 heteroatoms. The molecule has 4 rings (SSSR count). The molecule has 0 unspecified atom stereocenters. The first-order valence-electron chi connectivity index (χ1n) is 12.6. The predicted molar refractivity (Wildman–Crippen MR) is 115 cm³/mol. The highest BCUT2D eigenvalue weighted by molar-refractivity contribution is 5.15. The van der Waals surface area contributed by atoms with Crippen molar-refractivity contribution in [3.63, 3.8) is 0 Å². The lowest BCUT2D eigenvalue weighted by Crippen LogP contribution is -2.59. The summed E-state index contributed by atoms with van der Waals surface area (Å²) in [6, 6.07) is 0. The van der Waals surface area contributed by atoms with Crippen LogP contribution in [0, 0.1) is 58.2 Å². The van der Waals surface area contributed by atoms with E-state index in [-0.39, 0.29) is 41.4 Å². The van der Waals surface area contributed by atoms with Gasteiger partial charge in [0.05, 0.1) is 0 Å². The summed E-state index contributed by atoms with van der Waals surface area (Å²) in [7, 11) is 0. The van der Waals surface area contributed by atoms with Crippen molar-refractivity contribution in [3.05, 3.63) is 0 Å². The zero-order valence-corrected chi connectivity index (χ0v) is 20.1. The molecule has 10 atom stereocenters. The summed E-state index contributed by atoms with van der Waals surface area (Å²) in [6.07, 6.45) is -5.70. The molecule has 0 amide bonds. The van der Waals surface area contributed by atoms with E-state index in [1.54, 1.807) is 6.92 Å². The molecule has 0 aromatic heterocycles.